The van der Waals surface area contributed by atoms with Gasteiger partial charge in [-0.05, 0) is 18.9 Å². The Bertz CT molecular complexity index is 611. The van der Waals surface area contributed by atoms with Crippen molar-refractivity contribution in [3.8, 4) is 5.75 Å². The van der Waals surface area contributed by atoms with Crippen LogP contribution in [-0.4, -0.2) is 40.8 Å². The van der Waals surface area contributed by atoms with Crippen LogP contribution in [0.25, 0.3) is 0 Å². The molecule has 4 nitrogen and oxygen atoms in total. The zero-order chi connectivity index (χ0) is 15.5. The molecule has 22 heavy (non-hydrogen) atoms. The number of rotatable bonds is 4. The first-order valence-corrected chi connectivity index (χ1v) is 8.52. The van der Waals surface area contributed by atoms with Crippen molar-refractivity contribution in [1.82, 2.24) is 10.0 Å². The van der Waals surface area contributed by atoms with E-state index in [1.54, 1.807) is 23.9 Å². The van der Waals surface area contributed by atoms with Gasteiger partial charge >= 0.3 is 0 Å². The fraction of sp³-hybridized carbons (Fsp3) is 0.400. The molecule has 1 aromatic carbocycles. The number of fused-ring (bicyclic) bond motifs is 1. The summed E-state index contributed by atoms with van der Waals surface area (Å²) in [6.45, 7) is 5.87. The molecule has 0 radical (unpaired) electrons. The largest absolute Gasteiger partial charge is 0.488 e. The summed E-state index contributed by atoms with van der Waals surface area (Å²) in [5.74, 6) is 0.841. The highest BCUT2D eigenvalue weighted by Gasteiger charge is 2.30. The number of benzene rings is 1. The van der Waals surface area contributed by atoms with E-state index in [0.29, 0.717) is 12.4 Å². The lowest BCUT2D eigenvalue weighted by Gasteiger charge is -2.32. The van der Waals surface area contributed by atoms with Crippen LogP contribution in [0.2, 0.25) is 5.02 Å². The van der Waals surface area contributed by atoms with E-state index in [1.165, 1.54) is 12.5 Å². The number of nitrogens with zero attached hydrogens (tertiary/aromatic N) is 3. The SMILES string of the molecule is C=CCOc1cc(N=C2SCN3CCCCN23)c(F)cc1Cl. The monoisotopic (exact) mass is 341 g/mol. The van der Waals surface area contributed by atoms with Crippen molar-refractivity contribution in [2.24, 2.45) is 4.99 Å². The summed E-state index contributed by atoms with van der Waals surface area (Å²) in [5, 5.41) is 5.44. The Morgan fingerprint density at radius 2 is 2.23 bits per heavy atom. The van der Waals surface area contributed by atoms with Crippen molar-refractivity contribution in [1.29, 1.82) is 0 Å². The number of halogens is 2. The summed E-state index contributed by atoms with van der Waals surface area (Å²) in [6, 6.07) is 2.79. The average Bonchev–Trinajstić information content (AvgIpc) is 2.92. The number of hydrazine groups is 1. The van der Waals surface area contributed by atoms with Crippen LogP contribution in [0.4, 0.5) is 10.1 Å². The molecule has 0 spiro atoms. The molecule has 2 aliphatic rings. The van der Waals surface area contributed by atoms with Crippen molar-refractivity contribution in [2.75, 3.05) is 25.6 Å². The molecule has 0 aliphatic carbocycles. The van der Waals surface area contributed by atoms with Crippen LogP contribution in [0.1, 0.15) is 12.8 Å². The molecular weight excluding hydrogens is 325 g/mol. The summed E-state index contributed by atoms with van der Waals surface area (Å²) in [7, 11) is 0. The molecule has 0 amide bonds. The molecule has 0 bridgehead atoms. The third kappa shape index (κ3) is 3.24. The van der Waals surface area contributed by atoms with Crippen molar-refractivity contribution < 1.29 is 9.13 Å². The van der Waals surface area contributed by atoms with Crippen molar-refractivity contribution in [2.45, 2.75) is 12.8 Å². The summed E-state index contributed by atoms with van der Waals surface area (Å²) in [5.41, 5.74) is 0.249. The fourth-order valence-corrected chi connectivity index (χ4v) is 3.69. The van der Waals surface area contributed by atoms with Gasteiger partial charge in [0.25, 0.3) is 0 Å². The molecule has 0 aromatic heterocycles. The third-order valence-corrected chi connectivity index (χ3v) is 4.80. The first-order chi connectivity index (χ1) is 10.7. The second kappa shape index (κ2) is 6.89. The number of hydrogen-bond donors (Lipinski definition) is 0. The van der Waals surface area contributed by atoms with Gasteiger partial charge in [0, 0.05) is 19.2 Å². The first-order valence-electron chi connectivity index (χ1n) is 7.15. The summed E-state index contributed by atoms with van der Waals surface area (Å²) in [6.07, 6.45) is 3.94. The van der Waals surface area contributed by atoms with Gasteiger partial charge in [-0.25, -0.2) is 14.4 Å². The van der Waals surface area contributed by atoms with E-state index in [-0.39, 0.29) is 10.7 Å². The number of hydrogen-bond acceptors (Lipinski definition) is 4. The predicted octanol–water partition coefficient (Wildman–Crippen LogP) is 4.05. The molecule has 0 atom stereocenters. The van der Waals surface area contributed by atoms with Gasteiger partial charge in [0.05, 0.1) is 10.9 Å². The highest BCUT2D eigenvalue weighted by Crippen LogP contribution is 2.35. The maximum atomic E-state index is 14.1. The number of ether oxygens (including phenoxy) is 1. The molecule has 118 valence electrons. The van der Waals surface area contributed by atoms with Crippen LogP contribution in [-0.2, 0) is 0 Å². The molecule has 1 aromatic rings. The Kier molecular flexibility index (Phi) is 4.90. The van der Waals surface area contributed by atoms with E-state index in [9.17, 15) is 4.39 Å². The normalized spacial score (nSPS) is 20.3. The van der Waals surface area contributed by atoms with Gasteiger partial charge in [-0.2, -0.15) is 0 Å². The minimum Gasteiger partial charge on any atom is -0.488 e. The lowest BCUT2D eigenvalue weighted by atomic mass is 10.2. The quantitative estimate of drug-likeness (QED) is 0.772. The van der Waals surface area contributed by atoms with Gasteiger partial charge in [0.2, 0.25) is 0 Å². The van der Waals surface area contributed by atoms with Gasteiger partial charge in [-0.15, -0.1) is 0 Å². The zero-order valence-corrected chi connectivity index (χ0v) is 13.7. The van der Waals surface area contributed by atoms with Crippen molar-refractivity contribution in [3.63, 3.8) is 0 Å². The molecule has 7 heteroatoms. The van der Waals surface area contributed by atoms with E-state index >= 15 is 0 Å². The molecule has 2 fully saturated rings. The topological polar surface area (TPSA) is 28.1 Å². The van der Waals surface area contributed by atoms with Crippen molar-refractivity contribution >= 4 is 34.2 Å². The van der Waals surface area contributed by atoms with E-state index in [4.69, 9.17) is 16.3 Å². The minimum absolute atomic E-state index is 0.238. The van der Waals surface area contributed by atoms with E-state index in [2.05, 4.69) is 21.6 Å². The van der Waals surface area contributed by atoms with Crippen LogP contribution in [0.5, 0.6) is 5.75 Å². The molecule has 3 rings (SSSR count). The average molecular weight is 342 g/mol. The van der Waals surface area contributed by atoms with E-state index < -0.39 is 5.82 Å². The Morgan fingerprint density at radius 1 is 1.41 bits per heavy atom. The van der Waals surface area contributed by atoms with Crippen LogP contribution >= 0.6 is 23.4 Å². The number of amidine groups is 1. The van der Waals surface area contributed by atoms with E-state index in [0.717, 1.165) is 30.6 Å². The molecule has 2 saturated heterocycles. The van der Waals surface area contributed by atoms with E-state index in [1.807, 2.05) is 0 Å². The van der Waals surface area contributed by atoms with Gasteiger partial charge < -0.3 is 4.74 Å². The highest BCUT2D eigenvalue weighted by molar-refractivity contribution is 8.14. The lowest BCUT2D eigenvalue weighted by Crippen LogP contribution is -2.43. The standard InChI is InChI=1S/C15H17ClFN3OS/c1-2-7-21-14-9-13(12(17)8-11(14)16)18-15-20-6-4-3-5-19(20)10-22-15/h2,8-9H,1,3-7,10H2. The second-order valence-electron chi connectivity index (χ2n) is 5.06. The molecule has 2 heterocycles. The first kappa shape index (κ1) is 15.6. The summed E-state index contributed by atoms with van der Waals surface area (Å²) in [4.78, 5) is 4.48. The summed E-state index contributed by atoms with van der Waals surface area (Å²) >= 11 is 7.62. The molecule has 0 unspecified atom stereocenters. The van der Waals surface area contributed by atoms with Gasteiger partial charge in [-0.3, -0.25) is 5.01 Å². The Balaban J connectivity index is 1.87. The molecule has 2 aliphatic heterocycles. The molecule has 0 N–H and O–H groups in total. The predicted molar refractivity (Wildman–Crippen MR) is 89.3 cm³/mol. The Hall–Kier alpha value is -1.24. The second-order valence-corrected chi connectivity index (χ2v) is 6.38. The maximum Gasteiger partial charge on any atom is 0.180 e. The molecular formula is C15H17ClFN3OS. The van der Waals surface area contributed by atoms with Crippen molar-refractivity contribution in [3.05, 3.63) is 35.6 Å². The Labute approximate surface area is 138 Å². The fourth-order valence-electron chi connectivity index (χ4n) is 2.43. The maximum absolute atomic E-state index is 14.1. The lowest BCUT2D eigenvalue weighted by molar-refractivity contribution is 0.0486. The van der Waals surface area contributed by atoms with Crippen LogP contribution < -0.4 is 4.74 Å². The van der Waals surface area contributed by atoms with Crippen LogP contribution in [0.15, 0.2) is 29.8 Å². The molecule has 0 saturated carbocycles. The smallest absolute Gasteiger partial charge is 0.180 e. The summed E-state index contributed by atoms with van der Waals surface area (Å²) < 4.78 is 19.6. The Morgan fingerprint density at radius 3 is 3.05 bits per heavy atom. The van der Waals surface area contributed by atoms with Gasteiger partial charge in [-0.1, -0.05) is 36.0 Å². The zero-order valence-electron chi connectivity index (χ0n) is 12.1. The highest BCUT2D eigenvalue weighted by atomic mass is 35.5. The number of aliphatic imine (C=N–C) groups is 1. The third-order valence-electron chi connectivity index (χ3n) is 3.52. The minimum atomic E-state index is -0.445. The van der Waals surface area contributed by atoms with Gasteiger partial charge in [0.1, 0.15) is 18.0 Å². The van der Waals surface area contributed by atoms with Crippen LogP contribution in [0, 0.1) is 5.82 Å². The van der Waals surface area contributed by atoms with Gasteiger partial charge in [0.15, 0.2) is 11.0 Å². The number of thioether (sulfide) groups is 1. The van der Waals surface area contributed by atoms with Crippen LogP contribution in [0.3, 0.4) is 0 Å².